The predicted octanol–water partition coefficient (Wildman–Crippen LogP) is 3.83. The van der Waals surface area contributed by atoms with Gasteiger partial charge in [0.1, 0.15) is 5.82 Å². The minimum Gasteiger partial charge on any atom is -0.319 e. The highest BCUT2D eigenvalue weighted by molar-refractivity contribution is 6.30. The van der Waals surface area contributed by atoms with Gasteiger partial charge in [-0.3, -0.25) is 14.3 Å². The van der Waals surface area contributed by atoms with Crippen molar-refractivity contribution in [3.63, 3.8) is 0 Å². The van der Waals surface area contributed by atoms with Gasteiger partial charge in [0.15, 0.2) is 0 Å². The van der Waals surface area contributed by atoms with Gasteiger partial charge in [0.2, 0.25) is 0 Å². The average molecular weight is 411 g/mol. The van der Waals surface area contributed by atoms with Gasteiger partial charge in [0, 0.05) is 30.2 Å². The van der Waals surface area contributed by atoms with E-state index in [1.807, 2.05) is 0 Å². The molecule has 0 radical (unpaired) electrons. The van der Waals surface area contributed by atoms with E-state index in [1.54, 1.807) is 48.3 Å². The van der Waals surface area contributed by atoms with E-state index in [1.165, 1.54) is 29.1 Å². The van der Waals surface area contributed by atoms with Crippen LogP contribution in [0.3, 0.4) is 0 Å². The molecule has 0 aliphatic heterocycles. The third kappa shape index (κ3) is 3.77. The molecular weight excluding hydrogens is 395 g/mol. The number of nitrogens with zero attached hydrogens (tertiary/aromatic N) is 3. The van der Waals surface area contributed by atoms with Gasteiger partial charge in [0.05, 0.1) is 29.0 Å². The first-order chi connectivity index (χ1) is 13.9. The fourth-order valence-corrected chi connectivity index (χ4v) is 3.36. The molecule has 0 unspecified atom stereocenters. The highest BCUT2D eigenvalue weighted by Crippen LogP contribution is 2.20. The van der Waals surface area contributed by atoms with Crippen LogP contribution in [-0.4, -0.2) is 20.3 Å². The SMILES string of the molecule is Cn1cc(NC(=O)c2cn(Cc3ccc(F)c(Cl)c3)c(=O)c3ccccc23)cn1. The molecular formula is C21H16ClFN4O2. The van der Waals surface area contributed by atoms with Gasteiger partial charge in [-0.2, -0.15) is 5.10 Å². The summed E-state index contributed by atoms with van der Waals surface area (Å²) in [5.74, 6) is -0.891. The Bertz CT molecular complexity index is 1300. The number of nitrogens with one attached hydrogen (secondary N) is 1. The molecule has 29 heavy (non-hydrogen) atoms. The van der Waals surface area contributed by atoms with E-state index < -0.39 is 5.82 Å². The van der Waals surface area contributed by atoms with Crippen molar-refractivity contribution in [2.75, 3.05) is 5.32 Å². The molecule has 2 heterocycles. The van der Waals surface area contributed by atoms with Gasteiger partial charge >= 0.3 is 0 Å². The van der Waals surface area contributed by atoms with Crippen LogP contribution in [0.1, 0.15) is 15.9 Å². The molecule has 0 atom stereocenters. The monoisotopic (exact) mass is 410 g/mol. The van der Waals surface area contributed by atoms with Crippen molar-refractivity contribution in [1.82, 2.24) is 14.3 Å². The Kier molecular flexibility index (Phi) is 4.90. The van der Waals surface area contributed by atoms with Crippen molar-refractivity contribution in [1.29, 1.82) is 0 Å². The third-order valence-corrected chi connectivity index (χ3v) is 4.83. The van der Waals surface area contributed by atoms with Crippen molar-refractivity contribution in [3.05, 3.63) is 93.4 Å². The molecule has 8 heteroatoms. The molecule has 1 N–H and O–H groups in total. The lowest BCUT2D eigenvalue weighted by Crippen LogP contribution is -2.24. The smallest absolute Gasteiger partial charge is 0.258 e. The molecule has 146 valence electrons. The Morgan fingerprint density at radius 3 is 2.62 bits per heavy atom. The second kappa shape index (κ2) is 7.52. The standard InChI is InChI=1S/C21H16ClFN4O2/c1-26-11-14(9-24-26)25-20(28)17-12-27(10-13-6-7-19(23)18(22)8-13)21(29)16-5-3-2-4-15(16)17/h2-9,11-12H,10H2,1H3,(H,25,28). The molecule has 0 saturated carbocycles. The van der Waals surface area contributed by atoms with Crippen LogP contribution in [0.25, 0.3) is 10.8 Å². The lowest BCUT2D eigenvalue weighted by atomic mass is 10.1. The normalized spacial score (nSPS) is 11.0. The zero-order chi connectivity index (χ0) is 20.5. The first kappa shape index (κ1) is 18.9. The van der Waals surface area contributed by atoms with Gasteiger partial charge in [-0.05, 0) is 23.8 Å². The molecule has 0 bridgehead atoms. The van der Waals surface area contributed by atoms with E-state index in [0.717, 1.165) is 0 Å². The van der Waals surface area contributed by atoms with E-state index in [9.17, 15) is 14.0 Å². The van der Waals surface area contributed by atoms with Crippen LogP contribution >= 0.6 is 11.6 Å². The molecule has 4 aromatic rings. The topological polar surface area (TPSA) is 68.9 Å². The first-order valence-corrected chi connectivity index (χ1v) is 9.16. The maximum absolute atomic E-state index is 13.4. The number of hydrogen-bond donors (Lipinski definition) is 1. The zero-order valence-electron chi connectivity index (χ0n) is 15.4. The van der Waals surface area contributed by atoms with Crippen LogP contribution in [0.4, 0.5) is 10.1 Å². The number of carbonyl (C=O) groups excluding carboxylic acids is 1. The number of anilines is 1. The van der Waals surface area contributed by atoms with Gasteiger partial charge in [-0.1, -0.05) is 35.9 Å². The third-order valence-electron chi connectivity index (χ3n) is 4.54. The van der Waals surface area contributed by atoms with Crippen molar-refractivity contribution >= 4 is 34.0 Å². The van der Waals surface area contributed by atoms with E-state index in [2.05, 4.69) is 10.4 Å². The fraction of sp³-hybridized carbons (Fsp3) is 0.0952. The van der Waals surface area contributed by atoms with Crippen LogP contribution in [0.5, 0.6) is 0 Å². The summed E-state index contributed by atoms with van der Waals surface area (Å²) in [7, 11) is 1.75. The summed E-state index contributed by atoms with van der Waals surface area (Å²) in [6.45, 7) is 0.150. The van der Waals surface area contributed by atoms with Crippen LogP contribution in [0, 0.1) is 5.82 Å². The number of aromatic nitrogens is 3. The lowest BCUT2D eigenvalue weighted by Gasteiger charge is -2.12. The van der Waals surface area contributed by atoms with Crippen LogP contribution in [-0.2, 0) is 13.6 Å². The van der Waals surface area contributed by atoms with Crippen LogP contribution in [0.2, 0.25) is 5.02 Å². The summed E-state index contributed by atoms with van der Waals surface area (Å²) in [5, 5.41) is 7.76. The number of aryl methyl sites for hydroxylation is 1. The molecule has 0 fully saturated rings. The Hall–Kier alpha value is -3.45. The lowest BCUT2D eigenvalue weighted by molar-refractivity contribution is 0.102. The molecule has 0 spiro atoms. The molecule has 2 aromatic heterocycles. The van der Waals surface area contributed by atoms with Crippen molar-refractivity contribution < 1.29 is 9.18 Å². The van der Waals surface area contributed by atoms with Crippen LogP contribution < -0.4 is 10.9 Å². The van der Waals surface area contributed by atoms with Gasteiger partial charge in [0.25, 0.3) is 11.5 Å². The minimum absolute atomic E-state index is 0.0223. The molecule has 0 saturated heterocycles. The van der Waals surface area contributed by atoms with Crippen molar-refractivity contribution in [3.8, 4) is 0 Å². The van der Waals surface area contributed by atoms with Crippen molar-refractivity contribution in [2.24, 2.45) is 7.05 Å². The van der Waals surface area contributed by atoms with Crippen LogP contribution in [0.15, 0.2) is 65.8 Å². The summed E-state index contributed by atoms with van der Waals surface area (Å²) in [4.78, 5) is 25.8. The van der Waals surface area contributed by atoms with Gasteiger partial charge in [-0.15, -0.1) is 0 Å². The quantitative estimate of drug-likeness (QED) is 0.556. The van der Waals surface area contributed by atoms with Gasteiger partial charge in [-0.25, -0.2) is 4.39 Å². The summed E-state index contributed by atoms with van der Waals surface area (Å²) in [6, 6.07) is 11.2. The molecule has 1 amide bonds. The summed E-state index contributed by atoms with van der Waals surface area (Å²) in [6.07, 6.45) is 4.72. The number of benzene rings is 2. The number of pyridine rings is 1. The molecule has 4 rings (SSSR count). The second-order valence-corrected chi connectivity index (χ2v) is 7.03. The minimum atomic E-state index is -0.530. The molecule has 2 aromatic carbocycles. The fourth-order valence-electron chi connectivity index (χ4n) is 3.16. The maximum Gasteiger partial charge on any atom is 0.258 e. The Morgan fingerprint density at radius 2 is 1.93 bits per heavy atom. The number of rotatable bonds is 4. The number of hydrogen-bond acceptors (Lipinski definition) is 3. The number of halogens is 2. The van der Waals surface area contributed by atoms with Crippen molar-refractivity contribution in [2.45, 2.75) is 6.54 Å². The van der Waals surface area contributed by atoms with E-state index in [-0.39, 0.29) is 23.0 Å². The number of carbonyl (C=O) groups is 1. The highest BCUT2D eigenvalue weighted by atomic mass is 35.5. The summed E-state index contributed by atoms with van der Waals surface area (Å²) in [5.41, 5.74) is 1.29. The zero-order valence-corrected chi connectivity index (χ0v) is 16.2. The molecule has 0 aliphatic carbocycles. The summed E-state index contributed by atoms with van der Waals surface area (Å²) < 4.78 is 16.4. The largest absolute Gasteiger partial charge is 0.319 e. The highest BCUT2D eigenvalue weighted by Gasteiger charge is 2.16. The first-order valence-electron chi connectivity index (χ1n) is 8.78. The number of fused-ring (bicyclic) bond motifs is 1. The maximum atomic E-state index is 13.4. The molecule has 0 aliphatic rings. The Labute approximate surface area is 170 Å². The molecule has 6 nitrogen and oxygen atoms in total. The number of amides is 1. The van der Waals surface area contributed by atoms with E-state index >= 15 is 0 Å². The Morgan fingerprint density at radius 1 is 1.17 bits per heavy atom. The van der Waals surface area contributed by atoms with Gasteiger partial charge < -0.3 is 9.88 Å². The summed E-state index contributed by atoms with van der Waals surface area (Å²) >= 11 is 5.85. The van der Waals surface area contributed by atoms with E-state index in [4.69, 9.17) is 11.6 Å². The predicted molar refractivity (Wildman–Crippen MR) is 110 cm³/mol. The Balaban J connectivity index is 1.79. The second-order valence-electron chi connectivity index (χ2n) is 6.63. The van der Waals surface area contributed by atoms with E-state index in [0.29, 0.717) is 27.6 Å². The average Bonchev–Trinajstić information content (AvgIpc) is 3.11.